The molecule has 1 aromatic carbocycles. The lowest BCUT2D eigenvalue weighted by Crippen LogP contribution is -2.50. The van der Waals surface area contributed by atoms with Crippen LogP contribution in [-0.4, -0.2) is 18.0 Å². The fourth-order valence-corrected chi connectivity index (χ4v) is 2.70. The maximum absolute atomic E-state index is 11.4. The number of carbonyl (C=O) groups is 1. The molecule has 18 heavy (non-hydrogen) atoms. The maximum atomic E-state index is 11.4. The van der Waals surface area contributed by atoms with E-state index in [2.05, 4.69) is 29.6 Å². The lowest BCUT2D eigenvalue weighted by Gasteiger charge is -2.30. The second-order valence-corrected chi connectivity index (χ2v) is 5.50. The number of nitrogens with two attached hydrogens (primary N) is 1. The topological polar surface area (TPSA) is 55.1 Å². The predicted octanol–water partition coefficient (Wildman–Crippen LogP) is 1.64. The fraction of sp³-hybridized carbons (Fsp3) is 0.533. The van der Waals surface area contributed by atoms with E-state index in [9.17, 15) is 4.79 Å². The minimum Gasteiger partial charge on any atom is -0.368 e. The summed E-state index contributed by atoms with van der Waals surface area (Å²) in [4.78, 5) is 11.4. The summed E-state index contributed by atoms with van der Waals surface area (Å²) in [6, 6.07) is 8.68. The van der Waals surface area contributed by atoms with Gasteiger partial charge in [0, 0.05) is 6.04 Å². The Kier molecular flexibility index (Phi) is 4.02. The van der Waals surface area contributed by atoms with E-state index in [0.717, 1.165) is 19.3 Å². The molecule has 1 aromatic rings. The minimum absolute atomic E-state index is 0.222. The SMILES string of the molecule is CC(C)C(NC1CCc2ccccc2C1)C(N)=O. The first kappa shape index (κ1) is 13.1. The summed E-state index contributed by atoms with van der Waals surface area (Å²) in [5.74, 6) is -0.0106. The number of aryl methyl sites for hydroxylation is 1. The van der Waals surface area contributed by atoms with E-state index in [1.54, 1.807) is 0 Å². The van der Waals surface area contributed by atoms with Crippen molar-refractivity contribution in [2.24, 2.45) is 11.7 Å². The zero-order valence-electron chi connectivity index (χ0n) is 11.1. The Morgan fingerprint density at radius 1 is 1.33 bits per heavy atom. The molecule has 98 valence electrons. The molecule has 1 aliphatic carbocycles. The average Bonchev–Trinajstić information content (AvgIpc) is 2.35. The summed E-state index contributed by atoms with van der Waals surface area (Å²) < 4.78 is 0. The first-order chi connectivity index (χ1) is 8.58. The number of hydrogen-bond acceptors (Lipinski definition) is 2. The van der Waals surface area contributed by atoms with Crippen molar-refractivity contribution < 1.29 is 4.79 Å². The number of carbonyl (C=O) groups excluding carboxylic acids is 1. The Hall–Kier alpha value is -1.35. The molecule has 2 rings (SSSR count). The standard InChI is InChI=1S/C15H22N2O/c1-10(2)14(15(16)18)17-13-8-7-11-5-3-4-6-12(11)9-13/h3-6,10,13-14,17H,7-9H2,1-2H3,(H2,16,18). The maximum Gasteiger partial charge on any atom is 0.234 e. The van der Waals surface area contributed by atoms with Crippen LogP contribution in [0.3, 0.4) is 0 Å². The highest BCUT2D eigenvalue weighted by atomic mass is 16.1. The Bertz CT molecular complexity index is 428. The van der Waals surface area contributed by atoms with Crippen LogP contribution in [0.15, 0.2) is 24.3 Å². The number of primary amides is 1. The molecule has 0 saturated carbocycles. The van der Waals surface area contributed by atoms with Gasteiger partial charge >= 0.3 is 0 Å². The molecule has 3 heteroatoms. The molecule has 1 aliphatic rings. The number of nitrogens with one attached hydrogen (secondary N) is 1. The van der Waals surface area contributed by atoms with E-state index < -0.39 is 0 Å². The van der Waals surface area contributed by atoms with Crippen molar-refractivity contribution in [1.29, 1.82) is 0 Å². The van der Waals surface area contributed by atoms with Crippen LogP contribution in [0, 0.1) is 5.92 Å². The van der Waals surface area contributed by atoms with Crippen molar-refractivity contribution in [1.82, 2.24) is 5.32 Å². The molecule has 0 radical (unpaired) electrons. The summed E-state index contributed by atoms with van der Waals surface area (Å²) in [6.45, 7) is 4.05. The third-order valence-electron chi connectivity index (χ3n) is 3.74. The van der Waals surface area contributed by atoms with Crippen LogP contribution < -0.4 is 11.1 Å². The van der Waals surface area contributed by atoms with Crippen LogP contribution in [0.1, 0.15) is 31.4 Å². The molecule has 0 fully saturated rings. The smallest absolute Gasteiger partial charge is 0.234 e. The summed E-state index contributed by atoms with van der Waals surface area (Å²) in [5, 5.41) is 3.42. The van der Waals surface area contributed by atoms with Crippen molar-refractivity contribution in [3.63, 3.8) is 0 Å². The van der Waals surface area contributed by atoms with E-state index in [-0.39, 0.29) is 17.9 Å². The Morgan fingerprint density at radius 2 is 2.00 bits per heavy atom. The lowest BCUT2D eigenvalue weighted by atomic mass is 9.87. The molecule has 0 aromatic heterocycles. The van der Waals surface area contributed by atoms with E-state index in [1.165, 1.54) is 11.1 Å². The summed E-state index contributed by atoms with van der Waals surface area (Å²) in [7, 11) is 0. The predicted molar refractivity (Wildman–Crippen MR) is 73.2 cm³/mol. The quantitative estimate of drug-likeness (QED) is 0.848. The minimum atomic E-state index is -0.246. The first-order valence-electron chi connectivity index (χ1n) is 6.70. The number of benzene rings is 1. The van der Waals surface area contributed by atoms with Gasteiger partial charge in [-0.15, -0.1) is 0 Å². The Balaban J connectivity index is 2.03. The van der Waals surface area contributed by atoms with Crippen LogP contribution in [0.25, 0.3) is 0 Å². The molecule has 2 atom stereocenters. The highest BCUT2D eigenvalue weighted by Crippen LogP contribution is 2.21. The van der Waals surface area contributed by atoms with Gasteiger partial charge in [-0.1, -0.05) is 38.1 Å². The number of amides is 1. The number of hydrogen-bond donors (Lipinski definition) is 2. The Labute approximate surface area is 109 Å². The molecule has 0 spiro atoms. The van der Waals surface area contributed by atoms with E-state index in [4.69, 9.17) is 5.73 Å². The second-order valence-electron chi connectivity index (χ2n) is 5.50. The Morgan fingerprint density at radius 3 is 2.61 bits per heavy atom. The van der Waals surface area contributed by atoms with Gasteiger partial charge in [-0.05, 0) is 36.3 Å². The summed E-state index contributed by atoms with van der Waals surface area (Å²) >= 11 is 0. The van der Waals surface area contributed by atoms with Gasteiger partial charge in [-0.2, -0.15) is 0 Å². The van der Waals surface area contributed by atoms with Crippen molar-refractivity contribution in [2.75, 3.05) is 0 Å². The van der Waals surface area contributed by atoms with E-state index >= 15 is 0 Å². The van der Waals surface area contributed by atoms with Crippen molar-refractivity contribution >= 4 is 5.91 Å². The van der Waals surface area contributed by atoms with Gasteiger partial charge in [0.25, 0.3) is 0 Å². The van der Waals surface area contributed by atoms with Crippen molar-refractivity contribution in [2.45, 2.75) is 45.2 Å². The van der Waals surface area contributed by atoms with Crippen LogP contribution >= 0.6 is 0 Å². The third-order valence-corrected chi connectivity index (χ3v) is 3.74. The summed E-state index contributed by atoms with van der Waals surface area (Å²) in [6.07, 6.45) is 3.15. The summed E-state index contributed by atoms with van der Waals surface area (Å²) in [5.41, 5.74) is 8.28. The van der Waals surface area contributed by atoms with Gasteiger partial charge in [0.05, 0.1) is 6.04 Å². The molecule has 0 bridgehead atoms. The molecule has 3 nitrogen and oxygen atoms in total. The lowest BCUT2D eigenvalue weighted by molar-refractivity contribution is -0.121. The highest BCUT2D eigenvalue weighted by molar-refractivity contribution is 5.80. The van der Waals surface area contributed by atoms with E-state index in [1.807, 2.05) is 13.8 Å². The van der Waals surface area contributed by atoms with E-state index in [0.29, 0.717) is 6.04 Å². The molecule has 1 amide bonds. The van der Waals surface area contributed by atoms with Gasteiger partial charge in [-0.3, -0.25) is 4.79 Å². The second kappa shape index (κ2) is 5.53. The van der Waals surface area contributed by atoms with Crippen LogP contribution in [0.2, 0.25) is 0 Å². The molecule has 2 unspecified atom stereocenters. The largest absolute Gasteiger partial charge is 0.368 e. The zero-order valence-corrected chi connectivity index (χ0v) is 11.1. The first-order valence-corrected chi connectivity index (χ1v) is 6.70. The fourth-order valence-electron chi connectivity index (χ4n) is 2.70. The normalized spacial score (nSPS) is 20.5. The van der Waals surface area contributed by atoms with Crippen LogP contribution in [0.5, 0.6) is 0 Å². The molecular formula is C15H22N2O. The van der Waals surface area contributed by atoms with Gasteiger partial charge in [0.1, 0.15) is 0 Å². The van der Waals surface area contributed by atoms with Gasteiger partial charge in [-0.25, -0.2) is 0 Å². The highest BCUT2D eigenvalue weighted by Gasteiger charge is 2.25. The van der Waals surface area contributed by atoms with Gasteiger partial charge in [0.15, 0.2) is 0 Å². The molecule has 0 aliphatic heterocycles. The van der Waals surface area contributed by atoms with Crippen LogP contribution in [0.4, 0.5) is 0 Å². The molecular weight excluding hydrogens is 224 g/mol. The van der Waals surface area contributed by atoms with Crippen molar-refractivity contribution in [3.8, 4) is 0 Å². The zero-order chi connectivity index (χ0) is 13.1. The van der Waals surface area contributed by atoms with Gasteiger partial charge < -0.3 is 11.1 Å². The molecule has 3 N–H and O–H groups in total. The number of rotatable bonds is 4. The molecule has 0 saturated heterocycles. The van der Waals surface area contributed by atoms with Gasteiger partial charge in [0.2, 0.25) is 5.91 Å². The molecule has 0 heterocycles. The third kappa shape index (κ3) is 2.91. The average molecular weight is 246 g/mol. The number of fused-ring (bicyclic) bond motifs is 1. The monoisotopic (exact) mass is 246 g/mol. The van der Waals surface area contributed by atoms with Crippen LogP contribution in [-0.2, 0) is 17.6 Å². The van der Waals surface area contributed by atoms with Crippen molar-refractivity contribution in [3.05, 3.63) is 35.4 Å².